The third-order valence-electron chi connectivity index (χ3n) is 4.38. The molecule has 0 heterocycles. The standard InChI is InChI=1S/C18H33NO4Si/c1-13(2)12-15(20)16(21)19-14(17(22)23-6)10-9-11-24(7,8)18(3,4)5/h13-15,20H,10,12H2,1-8H3,(H,19,21)/t14-,15+/m1/s1. The number of nitrogens with one attached hydrogen (secondary N) is 1. The van der Waals surface area contributed by atoms with E-state index in [1.807, 2.05) is 13.8 Å². The lowest BCUT2D eigenvalue weighted by molar-refractivity contribution is -0.146. The van der Waals surface area contributed by atoms with Crippen molar-refractivity contribution in [2.45, 2.75) is 77.7 Å². The highest BCUT2D eigenvalue weighted by molar-refractivity contribution is 6.87. The van der Waals surface area contributed by atoms with Crippen LogP contribution in [0.4, 0.5) is 0 Å². The maximum absolute atomic E-state index is 12.0. The Morgan fingerprint density at radius 2 is 1.79 bits per heavy atom. The van der Waals surface area contributed by atoms with E-state index in [1.54, 1.807) is 0 Å². The Labute approximate surface area is 147 Å². The summed E-state index contributed by atoms with van der Waals surface area (Å²) < 4.78 is 4.73. The SMILES string of the molecule is COC(=O)[C@@H](CC#C[Si](C)(C)C(C)(C)C)NC(=O)[C@@H](O)CC(C)C. The predicted molar refractivity (Wildman–Crippen MR) is 99.0 cm³/mol. The molecule has 0 bridgehead atoms. The Hall–Kier alpha value is -1.32. The van der Waals surface area contributed by atoms with Crippen LogP contribution in [0.1, 0.15) is 47.5 Å². The molecule has 0 saturated carbocycles. The first kappa shape index (κ1) is 22.7. The quantitative estimate of drug-likeness (QED) is 0.436. The van der Waals surface area contributed by atoms with Crippen molar-refractivity contribution in [2.75, 3.05) is 7.11 Å². The number of hydrogen-bond acceptors (Lipinski definition) is 4. The van der Waals surface area contributed by atoms with Gasteiger partial charge in [0.1, 0.15) is 20.2 Å². The summed E-state index contributed by atoms with van der Waals surface area (Å²) in [5.74, 6) is 2.12. The van der Waals surface area contributed by atoms with Crippen LogP contribution in [-0.4, -0.2) is 44.3 Å². The van der Waals surface area contributed by atoms with Crippen LogP contribution >= 0.6 is 0 Å². The first-order valence-electron chi connectivity index (χ1n) is 8.38. The predicted octanol–water partition coefficient (Wildman–Crippen LogP) is 2.49. The second kappa shape index (κ2) is 9.24. The average Bonchev–Trinajstić information content (AvgIpc) is 2.43. The zero-order chi connectivity index (χ0) is 19.1. The Morgan fingerprint density at radius 1 is 1.25 bits per heavy atom. The van der Waals surface area contributed by atoms with Crippen molar-refractivity contribution in [3.05, 3.63) is 0 Å². The van der Waals surface area contributed by atoms with Crippen LogP contribution in [0.5, 0.6) is 0 Å². The molecular formula is C18H33NO4Si. The second-order valence-electron chi connectivity index (χ2n) is 8.11. The van der Waals surface area contributed by atoms with E-state index in [0.717, 1.165) is 0 Å². The Bertz CT molecular complexity index is 497. The average molecular weight is 356 g/mol. The molecule has 0 radical (unpaired) electrons. The van der Waals surface area contributed by atoms with E-state index in [1.165, 1.54) is 7.11 Å². The van der Waals surface area contributed by atoms with Crippen molar-refractivity contribution < 1.29 is 19.4 Å². The topological polar surface area (TPSA) is 75.6 Å². The van der Waals surface area contributed by atoms with E-state index in [-0.39, 0.29) is 17.4 Å². The summed E-state index contributed by atoms with van der Waals surface area (Å²) in [6.07, 6.45) is -0.611. The molecule has 24 heavy (non-hydrogen) atoms. The molecule has 0 spiro atoms. The number of amides is 1. The van der Waals surface area contributed by atoms with Gasteiger partial charge in [0.15, 0.2) is 0 Å². The van der Waals surface area contributed by atoms with Crippen molar-refractivity contribution in [2.24, 2.45) is 5.92 Å². The van der Waals surface area contributed by atoms with Crippen LogP contribution in [-0.2, 0) is 14.3 Å². The van der Waals surface area contributed by atoms with Crippen molar-refractivity contribution >= 4 is 20.0 Å². The van der Waals surface area contributed by atoms with E-state index in [0.29, 0.717) is 6.42 Å². The fraction of sp³-hybridized carbons (Fsp3) is 0.778. The van der Waals surface area contributed by atoms with Crippen molar-refractivity contribution in [3.63, 3.8) is 0 Å². The number of rotatable bonds is 6. The van der Waals surface area contributed by atoms with Gasteiger partial charge in [-0.3, -0.25) is 4.79 Å². The molecule has 2 atom stereocenters. The number of aliphatic hydroxyl groups is 1. The van der Waals surface area contributed by atoms with Crippen LogP contribution in [0.3, 0.4) is 0 Å². The molecule has 0 aromatic heterocycles. The van der Waals surface area contributed by atoms with Crippen LogP contribution in [0, 0.1) is 17.4 Å². The number of aliphatic hydroxyl groups excluding tert-OH is 1. The molecule has 6 heteroatoms. The maximum Gasteiger partial charge on any atom is 0.329 e. The molecule has 138 valence electrons. The Balaban J connectivity index is 5.01. The fourth-order valence-electron chi connectivity index (χ4n) is 1.72. The third-order valence-corrected chi connectivity index (χ3v) is 8.93. The molecule has 0 aliphatic carbocycles. The van der Waals surface area contributed by atoms with Gasteiger partial charge in [0, 0.05) is 6.42 Å². The minimum absolute atomic E-state index is 0.122. The summed E-state index contributed by atoms with van der Waals surface area (Å²) in [6, 6.07) is -0.860. The Kier molecular flexibility index (Phi) is 8.73. The summed E-state index contributed by atoms with van der Waals surface area (Å²) in [4.78, 5) is 23.9. The fourth-order valence-corrected chi connectivity index (χ4v) is 2.64. The van der Waals surface area contributed by atoms with Gasteiger partial charge in [-0.1, -0.05) is 47.7 Å². The van der Waals surface area contributed by atoms with E-state index in [2.05, 4.69) is 50.6 Å². The summed E-state index contributed by atoms with van der Waals surface area (Å²) in [5.41, 5.74) is 3.31. The lowest BCUT2D eigenvalue weighted by atomic mass is 10.1. The highest BCUT2D eigenvalue weighted by Gasteiger charge is 2.33. The van der Waals surface area contributed by atoms with Gasteiger partial charge >= 0.3 is 5.97 Å². The molecule has 0 aromatic carbocycles. The largest absolute Gasteiger partial charge is 0.467 e. The molecule has 1 amide bonds. The number of carbonyl (C=O) groups is 2. The van der Waals surface area contributed by atoms with Gasteiger partial charge in [0.05, 0.1) is 7.11 Å². The number of esters is 1. The van der Waals surface area contributed by atoms with Crippen molar-refractivity contribution in [1.82, 2.24) is 5.32 Å². The summed E-state index contributed by atoms with van der Waals surface area (Å²) >= 11 is 0. The number of carbonyl (C=O) groups excluding carboxylic acids is 2. The highest BCUT2D eigenvalue weighted by Crippen LogP contribution is 2.35. The van der Waals surface area contributed by atoms with Gasteiger partial charge in [-0.25, -0.2) is 4.79 Å². The van der Waals surface area contributed by atoms with Gasteiger partial charge in [0.2, 0.25) is 5.91 Å². The minimum Gasteiger partial charge on any atom is -0.467 e. The molecular weight excluding hydrogens is 322 g/mol. The smallest absolute Gasteiger partial charge is 0.329 e. The Morgan fingerprint density at radius 3 is 2.21 bits per heavy atom. The normalized spacial score (nSPS) is 14.4. The summed E-state index contributed by atoms with van der Waals surface area (Å²) in [5, 5.41) is 12.5. The molecule has 0 aromatic rings. The molecule has 5 nitrogen and oxygen atoms in total. The minimum atomic E-state index is -1.78. The maximum atomic E-state index is 12.0. The molecule has 0 unspecified atom stereocenters. The zero-order valence-corrected chi connectivity index (χ0v) is 17.3. The van der Waals surface area contributed by atoms with Crippen LogP contribution in [0.25, 0.3) is 0 Å². The van der Waals surface area contributed by atoms with Crippen molar-refractivity contribution in [3.8, 4) is 11.5 Å². The van der Waals surface area contributed by atoms with Crippen LogP contribution < -0.4 is 5.32 Å². The van der Waals surface area contributed by atoms with Gasteiger partial charge in [0.25, 0.3) is 0 Å². The van der Waals surface area contributed by atoms with Gasteiger partial charge in [-0.15, -0.1) is 11.5 Å². The lowest BCUT2D eigenvalue weighted by Gasteiger charge is -2.31. The first-order chi connectivity index (χ1) is 10.8. The van der Waals surface area contributed by atoms with Gasteiger partial charge in [-0.05, 0) is 17.4 Å². The molecule has 0 fully saturated rings. The monoisotopic (exact) mass is 355 g/mol. The molecule has 0 aliphatic rings. The van der Waals surface area contributed by atoms with E-state index >= 15 is 0 Å². The van der Waals surface area contributed by atoms with E-state index in [4.69, 9.17) is 4.74 Å². The van der Waals surface area contributed by atoms with E-state index in [9.17, 15) is 14.7 Å². The molecule has 2 N–H and O–H groups in total. The lowest BCUT2D eigenvalue weighted by Crippen LogP contribution is -2.46. The third kappa shape index (κ3) is 7.50. The number of hydrogen-bond donors (Lipinski definition) is 2. The zero-order valence-electron chi connectivity index (χ0n) is 16.3. The summed E-state index contributed by atoms with van der Waals surface area (Å²) in [6.45, 7) is 14.7. The number of ether oxygens (including phenoxy) is 1. The molecule has 0 rings (SSSR count). The highest BCUT2D eigenvalue weighted by atomic mass is 28.3. The molecule has 0 aliphatic heterocycles. The first-order valence-corrected chi connectivity index (χ1v) is 11.4. The molecule has 0 saturated heterocycles. The number of methoxy groups -OCH3 is 1. The van der Waals surface area contributed by atoms with Crippen molar-refractivity contribution in [1.29, 1.82) is 0 Å². The van der Waals surface area contributed by atoms with Gasteiger partial charge in [-0.2, -0.15) is 0 Å². The van der Waals surface area contributed by atoms with Gasteiger partial charge < -0.3 is 15.2 Å². The van der Waals surface area contributed by atoms with E-state index < -0.39 is 32.1 Å². The summed E-state index contributed by atoms with van der Waals surface area (Å²) in [7, 11) is -0.504. The van der Waals surface area contributed by atoms with Crippen LogP contribution in [0.2, 0.25) is 18.1 Å². The second-order valence-corrected chi connectivity index (χ2v) is 13.1. The van der Waals surface area contributed by atoms with Crippen LogP contribution in [0.15, 0.2) is 0 Å².